The number of hydrogen-bond donors (Lipinski definition) is 1. The minimum absolute atomic E-state index is 0.121. The quantitative estimate of drug-likeness (QED) is 0.723. The Labute approximate surface area is 91.7 Å². The van der Waals surface area contributed by atoms with E-state index in [1.54, 1.807) is 0 Å². The van der Waals surface area contributed by atoms with E-state index in [4.69, 9.17) is 0 Å². The third-order valence-electron chi connectivity index (χ3n) is 2.73. The second-order valence-electron chi connectivity index (χ2n) is 3.91. The molecule has 1 aliphatic heterocycles. The highest BCUT2D eigenvalue weighted by Gasteiger charge is 2.17. The zero-order chi connectivity index (χ0) is 10.2. The van der Waals surface area contributed by atoms with E-state index >= 15 is 0 Å². The van der Waals surface area contributed by atoms with Crippen LogP contribution in [0.2, 0.25) is 0 Å². The summed E-state index contributed by atoms with van der Waals surface area (Å²) >= 11 is 2.04. The fraction of sp³-hybridized carbons (Fsp3) is 0.833. The predicted molar refractivity (Wildman–Crippen MR) is 63.4 cm³/mol. The van der Waals surface area contributed by atoms with Crippen molar-refractivity contribution in [3.05, 3.63) is 0 Å². The maximum Gasteiger partial charge on any atom is 0.0552 e. The minimum Gasteiger partial charge on any atom is -0.393 e. The van der Waals surface area contributed by atoms with E-state index in [-0.39, 0.29) is 6.10 Å². The first-order chi connectivity index (χ1) is 6.83. The lowest BCUT2D eigenvalue weighted by Crippen LogP contribution is -2.17. The molecule has 0 aromatic rings. The molecular formula is C12H20OS. The molecule has 2 heteroatoms. The minimum atomic E-state index is -0.121. The number of thioether (sulfide) groups is 1. The molecule has 1 aliphatic rings. The molecule has 0 aromatic carbocycles. The zero-order valence-corrected chi connectivity index (χ0v) is 9.78. The molecule has 1 rings (SSSR count). The van der Waals surface area contributed by atoms with Crippen LogP contribution in [0.25, 0.3) is 0 Å². The molecule has 80 valence electrons. The molecular weight excluding hydrogens is 192 g/mol. The van der Waals surface area contributed by atoms with Crippen LogP contribution in [-0.2, 0) is 0 Å². The van der Waals surface area contributed by atoms with Gasteiger partial charge < -0.3 is 5.11 Å². The average molecular weight is 212 g/mol. The summed E-state index contributed by atoms with van der Waals surface area (Å²) in [5.41, 5.74) is 0. The molecule has 1 heterocycles. The van der Waals surface area contributed by atoms with Crippen molar-refractivity contribution in [2.45, 2.75) is 45.1 Å². The first-order valence-electron chi connectivity index (χ1n) is 5.48. The zero-order valence-electron chi connectivity index (χ0n) is 8.96. The van der Waals surface area contributed by atoms with Gasteiger partial charge in [0.05, 0.1) is 6.10 Å². The molecule has 0 saturated carbocycles. The number of aliphatic hydroxyl groups is 1. The predicted octanol–water partition coefficient (Wildman–Crippen LogP) is 2.68. The molecule has 1 atom stereocenters. The van der Waals surface area contributed by atoms with Crippen molar-refractivity contribution in [3.8, 4) is 11.8 Å². The lowest BCUT2D eigenvalue weighted by atomic mass is 9.94. The monoisotopic (exact) mass is 212 g/mol. The summed E-state index contributed by atoms with van der Waals surface area (Å²) < 4.78 is 0. The van der Waals surface area contributed by atoms with Crippen molar-refractivity contribution < 1.29 is 5.11 Å². The highest BCUT2D eigenvalue weighted by Crippen LogP contribution is 2.27. The molecule has 1 nitrogen and oxygen atoms in total. The first kappa shape index (κ1) is 11.9. The van der Waals surface area contributed by atoms with Gasteiger partial charge in [-0.25, -0.2) is 0 Å². The summed E-state index contributed by atoms with van der Waals surface area (Å²) in [4.78, 5) is 0. The Kier molecular flexibility index (Phi) is 6.14. The Balaban J connectivity index is 2.10. The van der Waals surface area contributed by atoms with E-state index < -0.39 is 0 Å². The van der Waals surface area contributed by atoms with Crippen LogP contribution < -0.4 is 0 Å². The van der Waals surface area contributed by atoms with E-state index in [1.165, 1.54) is 24.3 Å². The SMILES string of the molecule is CC#CCCC(O)CC1CCSCC1. The first-order valence-corrected chi connectivity index (χ1v) is 6.64. The van der Waals surface area contributed by atoms with Crippen LogP contribution >= 0.6 is 11.8 Å². The van der Waals surface area contributed by atoms with Crippen molar-refractivity contribution in [1.82, 2.24) is 0 Å². The van der Waals surface area contributed by atoms with Gasteiger partial charge in [0.2, 0.25) is 0 Å². The Morgan fingerprint density at radius 3 is 2.79 bits per heavy atom. The molecule has 0 bridgehead atoms. The smallest absolute Gasteiger partial charge is 0.0552 e. The summed E-state index contributed by atoms with van der Waals surface area (Å²) in [5.74, 6) is 9.20. The fourth-order valence-corrected chi connectivity index (χ4v) is 3.05. The molecule has 1 fully saturated rings. The molecule has 1 unspecified atom stereocenters. The lowest BCUT2D eigenvalue weighted by Gasteiger charge is -2.23. The van der Waals surface area contributed by atoms with Crippen LogP contribution in [0.15, 0.2) is 0 Å². The van der Waals surface area contributed by atoms with Gasteiger partial charge in [0.1, 0.15) is 0 Å². The molecule has 0 spiro atoms. The highest BCUT2D eigenvalue weighted by atomic mass is 32.2. The molecule has 14 heavy (non-hydrogen) atoms. The molecule has 0 aliphatic carbocycles. The maximum absolute atomic E-state index is 9.75. The van der Waals surface area contributed by atoms with Gasteiger partial charge in [-0.05, 0) is 50.0 Å². The van der Waals surface area contributed by atoms with Gasteiger partial charge in [-0.3, -0.25) is 0 Å². The number of hydrogen-bond acceptors (Lipinski definition) is 2. The van der Waals surface area contributed by atoms with Gasteiger partial charge in [-0.15, -0.1) is 11.8 Å². The molecule has 1 saturated heterocycles. The van der Waals surface area contributed by atoms with E-state index in [2.05, 4.69) is 11.8 Å². The molecule has 0 radical (unpaired) electrons. The molecule has 0 amide bonds. The van der Waals surface area contributed by atoms with E-state index in [0.717, 1.165) is 25.2 Å². The second-order valence-corrected chi connectivity index (χ2v) is 5.14. The second kappa shape index (κ2) is 7.20. The lowest BCUT2D eigenvalue weighted by molar-refractivity contribution is 0.132. The van der Waals surface area contributed by atoms with Crippen molar-refractivity contribution in [1.29, 1.82) is 0 Å². The summed E-state index contributed by atoms with van der Waals surface area (Å²) in [7, 11) is 0. The largest absolute Gasteiger partial charge is 0.393 e. The van der Waals surface area contributed by atoms with Gasteiger partial charge in [-0.1, -0.05) is 0 Å². The average Bonchev–Trinajstić information content (AvgIpc) is 2.20. The van der Waals surface area contributed by atoms with Gasteiger partial charge in [0.15, 0.2) is 0 Å². The van der Waals surface area contributed by atoms with Crippen molar-refractivity contribution >= 4 is 11.8 Å². The number of aliphatic hydroxyl groups excluding tert-OH is 1. The van der Waals surface area contributed by atoms with Crippen LogP contribution in [-0.4, -0.2) is 22.7 Å². The van der Waals surface area contributed by atoms with Crippen LogP contribution in [0.1, 0.15) is 39.0 Å². The van der Waals surface area contributed by atoms with E-state index in [9.17, 15) is 5.11 Å². The summed E-state index contributed by atoms with van der Waals surface area (Å²) in [6, 6.07) is 0. The van der Waals surface area contributed by atoms with Crippen LogP contribution in [0, 0.1) is 17.8 Å². The third-order valence-corrected chi connectivity index (χ3v) is 3.77. The summed E-state index contributed by atoms with van der Waals surface area (Å²) in [6.45, 7) is 1.85. The fourth-order valence-electron chi connectivity index (χ4n) is 1.85. The van der Waals surface area contributed by atoms with Crippen LogP contribution in [0.5, 0.6) is 0 Å². The molecule has 0 aromatic heterocycles. The van der Waals surface area contributed by atoms with Crippen molar-refractivity contribution in [3.63, 3.8) is 0 Å². The van der Waals surface area contributed by atoms with E-state index in [0.29, 0.717) is 0 Å². The Morgan fingerprint density at radius 1 is 1.43 bits per heavy atom. The van der Waals surface area contributed by atoms with Crippen molar-refractivity contribution in [2.24, 2.45) is 5.92 Å². The van der Waals surface area contributed by atoms with Crippen molar-refractivity contribution in [2.75, 3.05) is 11.5 Å². The Bertz CT molecular complexity index is 198. The van der Waals surface area contributed by atoms with Gasteiger partial charge >= 0.3 is 0 Å². The van der Waals surface area contributed by atoms with Crippen LogP contribution in [0.4, 0.5) is 0 Å². The molecule has 1 N–H and O–H groups in total. The topological polar surface area (TPSA) is 20.2 Å². The standard InChI is InChI=1S/C12H20OS/c1-2-3-4-5-12(13)10-11-6-8-14-9-7-11/h11-13H,4-10H2,1H3. The maximum atomic E-state index is 9.75. The number of rotatable bonds is 4. The van der Waals surface area contributed by atoms with Gasteiger partial charge in [-0.2, -0.15) is 11.8 Å². The van der Waals surface area contributed by atoms with Gasteiger partial charge in [0.25, 0.3) is 0 Å². The Hall–Kier alpha value is -0.130. The van der Waals surface area contributed by atoms with Crippen LogP contribution in [0.3, 0.4) is 0 Å². The third kappa shape index (κ3) is 4.93. The Morgan fingerprint density at radius 2 is 2.14 bits per heavy atom. The highest BCUT2D eigenvalue weighted by molar-refractivity contribution is 7.99. The summed E-state index contributed by atoms with van der Waals surface area (Å²) in [6.07, 6.45) is 5.15. The van der Waals surface area contributed by atoms with Gasteiger partial charge in [0, 0.05) is 6.42 Å². The van der Waals surface area contributed by atoms with E-state index in [1.807, 2.05) is 18.7 Å². The summed E-state index contributed by atoms with van der Waals surface area (Å²) in [5, 5.41) is 9.75. The normalized spacial score (nSPS) is 19.9.